The van der Waals surface area contributed by atoms with Gasteiger partial charge in [-0.2, -0.15) is 0 Å². The molecule has 2 N–H and O–H groups in total. The van der Waals surface area contributed by atoms with Gasteiger partial charge in [0.2, 0.25) is 5.91 Å². The number of nitrogens with one attached hydrogen (secondary N) is 1. The minimum absolute atomic E-state index is 0.199. The summed E-state index contributed by atoms with van der Waals surface area (Å²) < 4.78 is 0. The minimum atomic E-state index is -1.38. The highest BCUT2D eigenvalue weighted by molar-refractivity contribution is 5.99. The summed E-state index contributed by atoms with van der Waals surface area (Å²) in [5, 5.41) is 13.4. The molecule has 0 aliphatic carbocycles. The number of aliphatic hydroxyl groups excluding tert-OH is 1. The van der Waals surface area contributed by atoms with Gasteiger partial charge in [-0.25, -0.2) is 4.79 Å². The quantitative estimate of drug-likeness (QED) is 0.845. The largest absolute Gasteiger partial charge is 0.367 e. The third kappa shape index (κ3) is 3.57. The van der Waals surface area contributed by atoms with Gasteiger partial charge in [0.1, 0.15) is 6.04 Å². The molecule has 2 aromatic rings. The highest BCUT2D eigenvalue weighted by Crippen LogP contribution is 2.31. The maximum Gasteiger partial charge on any atom is 0.355 e. The third-order valence-electron chi connectivity index (χ3n) is 4.02. The summed E-state index contributed by atoms with van der Waals surface area (Å²) in [5.74, 6) is -1.84. The van der Waals surface area contributed by atoms with Gasteiger partial charge in [-0.3, -0.25) is 9.59 Å². The monoisotopic (exact) mass is 354 g/mol. The molecule has 3 rings (SSSR count). The van der Waals surface area contributed by atoms with Crippen molar-refractivity contribution in [2.45, 2.75) is 25.6 Å². The SMILES string of the molecule is CC(=O)NC(Cc1ccccc1)C(=O)ON1C(=O)c2ccccc2C1O. The summed E-state index contributed by atoms with van der Waals surface area (Å²) in [4.78, 5) is 41.5. The Morgan fingerprint density at radius 2 is 1.81 bits per heavy atom. The average Bonchev–Trinajstić information content (AvgIpc) is 2.87. The number of rotatable bonds is 5. The zero-order valence-electron chi connectivity index (χ0n) is 14.1. The molecule has 7 nitrogen and oxygen atoms in total. The Hall–Kier alpha value is -3.19. The standard InChI is InChI=1S/C19H18N2O5/c1-12(22)20-16(11-13-7-3-2-4-8-13)19(25)26-21-17(23)14-9-5-6-10-15(14)18(21)24/h2-10,16-17,23H,11H2,1H3,(H,20,22). The average molecular weight is 354 g/mol. The first-order chi connectivity index (χ1) is 12.5. The number of hydrogen-bond acceptors (Lipinski definition) is 5. The van der Waals surface area contributed by atoms with E-state index in [-0.39, 0.29) is 12.0 Å². The summed E-state index contributed by atoms with van der Waals surface area (Å²) in [6.07, 6.45) is -1.18. The summed E-state index contributed by atoms with van der Waals surface area (Å²) in [6.45, 7) is 1.29. The van der Waals surface area contributed by atoms with Crippen molar-refractivity contribution in [3.05, 3.63) is 71.3 Å². The van der Waals surface area contributed by atoms with E-state index in [1.807, 2.05) is 30.3 Å². The Labute approximate surface area is 150 Å². The van der Waals surface area contributed by atoms with Gasteiger partial charge in [0.15, 0.2) is 6.23 Å². The Kier molecular flexibility index (Phi) is 4.99. The first kappa shape index (κ1) is 17.6. The van der Waals surface area contributed by atoms with Crippen LogP contribution < -0.4 is 5.32 Å². The van der Waals surface area contributed by atoms with Gasteiger partial charge in [-0.05, 0) is 11.6 Å². The summed E-state index contributed by atoms with van der Waals surface area (Å²) in [5.41, 5.74) is 1.45. The molecule has 1 aliphatic heterocycles. The van der Waals surface area contributed by atoms with Crippen LogP contribution in [-0.4, -0.2) is 34.0 Å². The van der Waals surface area contributed by atoms with Crippen LogP contribution in [0.1, 0.15) is 34.6 Å². The van der Waals surface area contributed by atoms with Gasteiger partial charge >= 0.3 is 5.97 Å². The van der Waals surface area contributed by atoms with Crippen LogP contribution in [0.5, 0.6) is 0 Å². The molecule has 0 aromatic heterocycles. The normalized spacial score (nSPS) is 16.8. The molecular formula is C19H18N2O5. The van der Waals surface area contributed by atoms with E-state index < -0.39 is 30.1 Å². The second-order valence-electron chi connectivity index (χ2n) is 5.95. The zero-order valence-corrected chi connectivity index (χ0v) is 14.1. The van der Waals surface area contributed by atoms with Crippen LogP contribution >= 0.6 is 0 Å². The number of aliphatic hydroxyl groups is 1. The van der Waals surface area contributed by atoms with E-state index in [2.05, 4.69) is 5.32 Å². The maximum absolute atomic E-state index is 12.5. The van der Waals surface area contributed by atoms with Gasteiger partial charge in [-0.1, -0.05) is 48.5 Å². The predicted octanol–water partition coefficient (Wildman–Crippen LogP) is 1.34. The first-order valence-electron chi connectivity index (χ1n) is 8.10. The van der Waals surface area contributed by atoms with E-state index >= 15 is 0 Å². The molecule has 0 radical (unpaired) electrons. The van der Waals surface area contributed by atoms with Crippen LogP contribution in [0.4, 0.5) is 0 Å². The van der Waals surface area contributed by atoms with E-state index in [4.69, 9.17) is 4.84 Å². The van der Waals surface area contributed by atoms with Crippen LogP contribution in [0.15, 0.2) is 54.6 Å². The fraction of sp³-hybridized carbons (Fsp3) is 0.211. The van der Waals surface area contributed by atoms with Crippen molar-refractivity contribution in [3.8, 4) is 0 Å². The highest BCUT2D eigenvalue weighted by atomic mass is 16.7. The number of fused-ring (bicyclic) bond motifs is 1. The first-order valence-corrected chi connectivity index (χ1v) is 8.10. The van der Waals surface area contributed by atoms with Crippen molar-refractivity contribution in [2.24, 2.45) is 0 Å². The zero-order chi connectivity index (χ0) is 18.7. The van der Waals surface area contributed by atoms with Crippen LogP contribution in [0.3, 0.4) is 0 Å². The van der Waals surface area contributed by atoms with Crippen LogP contribution in [0, 0.1) is 0 Å². The number of carbonyl (C=O) groups excluding carboxylic acids is 3. The molecule has 134 valence electrons. The van der Waals surface area contributed by atoms with E-state index in [0.29, 0.717) is 10.6 Å². The van der Waals surface area contributed by atoms with Crippen molar-refractivity contribution < 1.29 is 24.3 Å². The molecule has 2 unspecified atom stereocenters. The van der Waals surface area contributed by atoms with Gasteiger partial charge in [0.25, 0.3) is 5.91 Å². The molecule has 1 heterocycles. The smallest absolute Gasteiger partial charge is 0.355 e. The maximum atomic E-state index is 12.5. The molecule has 7 heteroatoms. The number of hydrogen-bond donors (Lipinski definition) is 2. The molecule has 0 spiro atoms. The van der Waals surface area contributed by atoms with Crippen molar-refractivity contribution in [3.63, 3.8) is 0 Å². The van der Waals surface area contributed by atoms with Crippen molar-refractivity contribution >= 4 is 17.8 Å². The molecule has 0 fully saturated rings. The third-order valence-corrected chi connectivity index (χ3v) is 4.02. The van der Waals surface area contributed by atoms with Crippen molar-refractivity contribution in [2.75, 3.05) is 0 Å². The van der Waals surface area contributed by atoms with Gasteiger partial charge in [-0.15, -0.1) is 5.06 Å². The lowest BCUT2D eigenvalue weighted by molar-refractivity contribution is -0.210. The highest BCUT2D eigenvalue weighted by Gasteiger charge is 2.39. The molecule has 0 bridgehead atoms. The Bertz CT molecular complexity index is 837. The van der Waals surface area contributed by atoms with E-state index in [9.17, 15) is 19.5 Å². The number of nitrogens with zero attached hydrogens (tertiary/aromatic N) is 1. The second-order valence-corrected chi connectivity index (χ2v) is 5.95. The lowest BCUT2D eigenvalue weighted by atomic mass is 10.1. The lowest BCUT2D eigenvalue weighted by Crippen LogP contribution is -2.45. The molecule has 2 amide bonds. The molecule has 0 saturated carbocycles. The Morgan fingerprint density at radius 3 is 2.46 bits per heavy atom. The van der Waals surface area contributed by atoms with Crippen molar-refractivity contribution in [1.29, 1.82) is 0 Å². The van der Waals surface area contributed by atoms with Crippen molar-refractivity contribution in [1.82, 2.24) is 10.4 Å². The molecule has 0 saturated heterocycles. The second kappa shape index (κ2) is 7.37. The summed E-state index contributed by atoms with van der Waals surface area (Å²) in [7, 11) is 0. The summed E-state index contributed by atoms with van der Waals surface area (Å²) >= 11 is 0. The molecule has 1 aliphatic rings. The number of carbonyl (C=O) groups is 3. The summed E-state index contributed by atoms with van der Waals surface area (Å²) in [6, 6.07) is 14.6. The number of amides is 2. The minimum Gasteiger partial charge on any atom is -0.367 e. The van der Waals surface area contributed by atoms with E-state index in [0.717, 1.165) is 5.56 Å². The molecule has 26 heavy (non-hydrogen) atoms. The molecule has 2 aromatic carbocycles. The fourth-order valence-electron chi connectivity index (χ4n) is 2.81. The van der Waals surface area contributed by atoms with E-state index in [1.165, 1.54) is 6.92 Å². The Balaban J connectivity index is 1.76. The topological polar surface area (TPSA) is 95.9 Å². The van der Waals surface area contributed by atoms with Gasteiger partial charge < -0.3 is 15.3 Å². The van der Waals surface area contributed by atoms with Gasteiger partial charge in [0.05, 0.1) is 5.56 Å². The van der Waals surface area contributed by atoms with Crippen LogP contribution in [0.2, 0.25) is 0 Å². The fourth-order valence-corrected chi connectivity index (χ4v) is 2.81. The molecular weight excluding hydrogens is 336 g/mol. The lowest BCUT2D eigenvalue weighted by Gasteiger charge is -2.23. The van der Waals surface area contributed by atoms with Crippen LogP contribution in [0.25, 0.3) is 0 Å². The number of hydroxylamine groups is 2. The predicted molar refractivity (Wildman–Crippen MR) is 91.4 cm³/mol. The van der Waals surface area contributed by atoms with Crippen LogP contribution in [-0.2, 0) is 20.8 Å². The number of benzene rings is 2. The molecule has 2 atom stereocenters. The van der Waals surface area contributed by atoms with Gasteiger partial charge in [0, 0.05) is 18.9 Å². The van der Waals surface area contributed by atoms with E-state index in [1.54, 1.807) is 24.3 Å². The Morgan fingerprint density at radius 1 is 1.15 bits per heavy atom.